The first-order chi connectivity index (χ1) is 16.9. The molecule has 0 radical (unpaired) electrons. The Hall–Kier alpha value is -3.66. The Morgan fingerprint density at radius 2 is 1.75 bits per heavy atom. The maximum atomic E-state index is 14.5. The van der Waals surface area contributed by atoms with Crippen LogP contribution in [-0.2, 0) is 0 Å². The van der Waals surface area contributed by atoms with Crippen LogP contribution in [0.2, 0.25) is 0 Å². The van der Waals surface area contributed by atoms with E-state index in [2.05, 4.69) is 10.4 Å². The molecule has 0 spiro atoms. The SMILES string of the molecule is CC1c2c(ccc(F)c2O)C(Nc2cccc3c2cnn3-c2cccc(F)c2)C(O)(C(F)(F)F)C1C. The van der Waals surface area contributed by atoms with E-state index in [-0.39, 0.29) is 16.8 Å². The quantitative estimate of drug-likeness (QED) is 0.291. The van der Waals surface area contributed by atoms with Crippen LogP contribution in [0, 0.1) is 17.6 Å². The van der Waals surface area contributed by atoms with Crippen molar-refractivity contribution in [3.63, 3.8) is 0 Å². The Morgan fingerprint density at radius 1 is 1.03 bits per heavy atom. The number of benzene rings is 3. The zero-order valence-corrected chi connectivity index (χ0v) is 19.2. The molecule has 0 aliphatic heterocycles. The number of alkyl halides is 3. The molecule has 1 aromatic heterocycles. The van der Waals surface area contributed by atoms with E-state index in [9.17, 15) is 32.2 Å². The van der Waals surface area contributed by atoms with Crippen LogP contribution in [0.25, 0.3) is 16.6 Å². The largest absolute Gasteiger partial charge is 0.505 e. The van der Waals surface area contributed by atoms with Gasteiger partial charge in [0.2, 0.25) is 0 Å². The molecule has 36 heavy (non-hydrogen) atoms. The monoisotopic (exact) mass is 503 g/mol. The van der Waals surface area contributed by atoms with Crippen molar-refractivity contribution in [2.45, 2.75) is 37.6 Å². The van der Waals surface area contributed by atoms with Crippen LogP contribution in [-0.4, -0.2) is 31.8 Å². The molecule has 5 rings (SSSR count). The summed E-state index contributed by atoms with van der Waals surface area (Å²) in [5.41, 5.74) is -2.17. The molecule has 1 aliphatic carbocycles. The number of anilines is 1. The van der Waals surface area contributed by atoms with Gasteiger partial charge in [-0.3, -0.25) is 0 Å². The van der Waals surface area contributed by atoms with Crippen LogP contribution in [0.15, 0.2) is 60.8 Å². The van der Waals surface area contributed by atoms with Crippen molar-refractivity contribution >= 4 is 16.6 Å². The molecule has 5 nitrogen and oxygen atoms in total. The van der Waals surface area contributed by atoms with Crippen molar-refractivity contribution in [2.24, 2.45) is 5.92 Å². The van der Waals surface area contributed by atoms with Crippen LogP contribution >= 0.6 is 0 Å². The van der Waals surface area contributed by atoms with E-state index in [0.717, 1.165) is 12.1 Å². The first-order valence-electron chi connectivity index (χ1n) is 11.2. The smallest absolute Gasteiger partial charge is 0.419 e. The summed E-state index contributed by atoms with van der Waals surface area (Å²) in [7, 11) is 0. The van der Waals surface area contributed by atoms with Crippen molar-refractivity contribution in [3.05, 3.63) is 83.6 Å². The molecular weight excluding hydrogens is 481 g/mol. The number of rotatable bonds is 3. The molecule has 4 aromatic rings. The predicted molar refractivity (Wildman–Crippen MR) is 124 cm³/mol. The fourth-order valence-electron chi connectivity index (χ4n) is 5.21. The molecule has 4 atom stereocenters. The second kappa shape index (κ2) is 8.19. The molecule has 3 N–H and O–H groups in total. The van der Waals surface area contributed by atoms with Crippen molar-refractivity contribution in [1.82, 2.24) is 9.78 Å². The van der Waals surface area contributed by atoms with E-state index >= 15 is 0 Å². The van der Waals surface area contributed by atoms with E-state index in [1.807, 2.05) is 0 Å². The van der Waals surface area contributed by atoms with Gasteiger partial charge in [0, 0.05) is 22.6 Å². The summed E-state index contributed by atoms with van der Waals surface area (Å²) in [6, 6.07) is 10.8. The first-order valence-corrected chi connectivity index (χ1v) is 11.2. The van der Waals surface area contributed by atoms with Gasteiger partial charge in [0.15, 0.2) is 17.2 Å². The molecule has 188 valence electrons. The minimum absolute atomic E-state index is 0.0107. The Bertz CT molecular complexity index is 1470. The van der Waals surface area contributed by atoms with Gasteiger partial charge in [-0.25, -0.2) is 13.5 Å². The molecular formula is C26H22F5N3O2. The number of nitrogens with one attached hydrogen (secondary N) is 1. The van der Waals surface area contributed by atoms with Gasteiger partial charge < -0.3 is 15.5 Å². The Morgan fingerprint density at radius 3 is 2.44 bits per heavy atom. The number of phenolic OH excluding ortho intramolecular Hbond substituents is 1. The highest BCUT2D eigenvalue weighted by Gasteiger charge is 2.65. The van der Waals surface area contributed by atoms with Gasteiger partial charge in [-0.2, -0.15) is 18.3 Å². The van der Waals surface area contributed by atoms with E-state index in [0.29, 0.717) is 16.6 Å². The predicted octanol–water partition coefficient (Wildman–Crippen LogP) is 6.21. The highest BCUT2D eigenvalue weighted by Crippen LogP contribution is 2.57. The van der Waals surface area contributed by atoms with Crippen LogP contribution in [0.4, 0.5) is 27.6 Å². The molecule has 1 heterocycles. The van der Waals surface area contributed by atoms with Gasteiger partial charge in [-0.05, 0) is 47.9 Å². The molecule has 0 amide bonds. The van der Waals surface area contributed by atoms with Crippen LogP contribution < -0.4 is 5.32 Å². The van der Waals surface area contributed by atoms with Gasteiger partial charge in [-0.15, -0.1) is 0 Å². The highest BCUT2D eigenvalue weighted by atomic mass is 19.4. The minimum atomic E-state index is -5.06. The third kappa shape index (κ3) is 3.42. The minimum Gasteiger partial charge on any atom is -0.505 e. The fraction of sp³-hybridized carbons (Fsp3) is 0.269. The number of fused-ring (bicyclic) bond motifs is 2. The number of aromatic nitrogens is 2. The van der Waals surface area contributed by atoms with Crippen LogP contribution in [0.1, 0.15) is 36.9 Å². The lowest BCUT2D eigenvalue weighted by Gasteiger charge is -2.49. The molecule has 4 unspecified atom stereocenters. The third-order valence-corrected chi connectivity index (χ3v) is 7.27. The van der Waals surface area contributed by atoms with Gasteiger partial charge in [0.25, 0.3) is 0 Å². The van der Waals surface area contributed by atoms with Crippen molar-refractivity contribution < 1.29 is 32.2 Å². The third-order valence-electron chi connectivity index (χ3n) is 7.27. The topological polar surface area (TPSA) is 70.3 Å². The zero-order chi connectivity index (χ0) is 26.0. The summed E-state index contributed by atoms with van der Waals surface area (Å²) in [6.45, 7) is 2.64. The summed E-state index contributed by atoms with van der Waals surface area (Å²) >= 11 is 0. The molecule has 10 heteroatoms. The zero-order valence-electron chi connectivity index (χ0n) is 19.2. The molecule has 0 fully saturated rings. The lowest BCUT2D eigenvalue weighted by Crippen LogP contribution is -2.60. The lowest BCUT2D eigenvalue weighted by molar-refractivity contribution is -0.289. The molecule has 3 aromatic carbocycles. The summed E-state index contributed by atoms with van der Waals surface area (Å²) < 4.78 is 72.8. The first kappa shape index (κ1) is 24.1. The van der Waals surface area contributed by atoms with Gasteiger partial charge >= 0.3 is 6.18 Å². The number of aliphatic hydroxyl groups is 1. The van der Waals surface area contributed by atoms with E-state index in [1.54, 1.807) is 18.2 Å². The maximum absolute atomic E-state index is 14.5. The Kier molecular flexibility index (Phi) is 5.47. The van der Waals surface area contributed by atoms with E-state index in [1.165, 1.54) is 49.0 Å². The normalized spacial score (nSPS) is 24.1. The highest BCUT2D eigenvalue weighted by molar-refractivity contribution is 5.92. The molecule has 0 saturated heterocycles. The van der Waals surface area contributed by atoms with Crippen LogP contribution in [0.3, 0.4) is 0 Å². The van der Waals surface area contributed by atoms with Crippen molar-refractivity contribution in [3.8, 4) is 11.4 Å². The number of nitrogens with zero attached hydrogens (tertiary/aromatic N) is 2. The average molecular weight is 503 g/mol. The number of halogens is 5. The number of hydrogen-bond donors (Lipinski definition) is 3. The van der Waals surface area contributed by atoms with E-state index < -0.39 is 47.0 Å². The summed E-state index contributed by atoms with van der Waals surface area (Å²) in [5, 5.41) is 29.2. The molecule has 1 aliphatic rings. The van der Waals surface area contributed by atoms with E-state index in [4.69, 9.17) is 0 Å². The Labute approximate surface area is 202 Å². The number of phenols is 1. The maximum Gasteiger partial charge on any atom is 0.419 e. The molecule has 0 bridgehead atoms. The standard InChI is InChI=1S/C26H22F5N3O2/c1-13-14(2)25(36,26(29,30)31)24(17-9-10-19(28)23(35)22(13)17)33-20-7-4-8-21-18(20)12-32-34(21)16-6-3-5-15(27)11-16/h3-14,24,33,35-36H,1-2H3. The molecule has 0 saturated carbocycles. The summed E-state index contributed by atoms with van der Waals surface area (Å²) in [5.74, 6) is -4.59. The van der Waals surface area contributed by atoms with Crippen LogP contribution in [0.5, 0.6) is 5.75 Å². The summed E-state index contributed by atoms with van der Waals surface area (Å²) in [6.07, 6.45) is -3.63. The van der Waals surface area contributed by atoms with Gasteiger partial charge in [0.05, 0.1) is 23.4 Å². The summed E-state index contributed by atoms with van der Waals surface area (Å²) in [4.78, 5) is 0. The fourth-order valence-corrected chi connectivity index (χ4v) is 5.21. The number of hydrogen-bond acceptors (Lipinski definition) is 4. The lowest BCUT2D eigenvalue weighted by atomic mass is 9.64. The second-order valence-electron chi connectivity index (χ2n) is 9.15. The van der Waals surface area contributed by atoms with Gasteiger partial charge in [-0.1, -0.05) is 32.0 Å². The van der Waals surface area contributed by atoms with Gasteiger partial charge in [0.1, 0.15) is 5.82 Å². The second-order valence-corrected chi connectivity index (χ2v) is 9.15. The Balaban J connectivity index is 1.69. The van der Waals surface area contributed by atoms with Crippen molar-refractivity contribution in [1.29, 1.82) is 0 Å². The number of aromatic hydroxyl groups is 1. The average Bonchev–Trinajstić information content (AvgIpc) is 3.26. The van der Waals surface area contributed by atoms with Crippen molar-refractivity contribution in [2.75, 3.05) is 5.32 Å².